The molecule has 7 nitrogen and oxygen atoms in total. The van der Waals surface area contributed by atoms with Crippen LogP contribution in [0, 0.1) is 5.92 Å². The Kier molecular flexibility index (Phi) is 5.87. The summed E-state index contributed by atoms with van der Waals surface area (Å²) in [5.41, 5.74) is 0.574. The minimum absolute atomic E-state index is 0.0548. The fourth-order valence-electron chi connectivity index (χ4n) is 4.38. The van der Waals surface area contributed by atoms with Crippen molar-refractivity contribution in [1.29, 1.82) is 0 Å². The Morgan fingerprint density at radius 3 is 2.63 bits per heavy atom. The number of epoxide rings is 2. The van der Waals surface area contributed by atoms with Crippen molar-refractivity contribution in [3.8, 4) is 0 Å². The largest absolute Gasteiger partial charge is 0.443 e. The number of rotatable bonds is 6. The predicted octanol–water partition coefficient (Wildman–Crippen LogP) is 2.55. The van der Waals surface area contributed by atoms with Crippen LogP contribution in [0.2, 0.25) is 0 Å². The second-order valence-electron chi connectivity index (χ2n) is 8.00. The zero-order valence-electron chi connectivity index (χ0n) is 16.2. The van der Waals surface area contributed by atoms with E-state index in [0.29, 0.717) is 13.0 Å². The number of alkyl halides is 1. The molecule has 8 heteroatoms. The van der Waals surface area contributed by atoms with Crippen molar-refractivity contribution in [2.75, 3.05) is 19.6 Å². The SMILES string of the molecule is COC1C(OC(=O)NC(=O)CCl)CC[C@]2(CO2)[C@@H]1[C@@]1(C)OC1CC=C(C)C. The molecule has 3 unspecified atom stereocenters. The summed E-state index contributed by atoms with van der Waals surface area (Å²) in [6, 6.07) is 0. The Labute approximate surface area is 164 Å². The quantitative estimate of drug-likeness (QED) is 0.418. The van der Waals surface area contributed by atoms with E-state index in [2.05, 4.69) is 32.2 Å². The molecular formula is C19H28ClNO6. The number of alkyl carbamates (subject to hydrolysis) is 1. The zero-order chi connectivity index (χ0) is 19.8. The molecule has 1 N–H and O–H groups in total. The summed E-state index contributed by atoms with van der Waals surface area (Å²) in [7, 11) is 1.61. The molecule has 0 radical (unpaired) electrons. The smallest absolute Gasteiger partial charge is 0.414 e. The number of carbonyl (C=O) groups excluding carboxylic acids is 2. The summed E-state index contributed by atoms with van der Waals surface area (Å²) in [6.07, 6.45) is 2.78. The Balaban J connectivity index is 1.73. The molecule has 0 aromatic rings. The van der Waals surface area contributed by atoms with Crippen molar-refractivity contribution in [2.45, 2.75) is 69.5 Å². The van der Waals surface area contributed by atoms with E-state index in [1.165, 1.54) is 5.57 Å². The van der Waals surface area contributed by atoms with Gasteiger partial charge in [-0.2, -0.15) is 0 Å². The van der Waals surface area contributed by atoms with Crippen molar-refractivity contribution in [1.82, 2.24) is 5.32 Å². The minimum Gasteiger partial charge on any atom is -0.443 e. The van der Waals surface area contributed by atoms with E-state index < -0.39 is 23.7 Å². The number of imide groups is 1. The Bertz CT molecular complexity index is 630. The van der Waals surface area contributed by atoms with Gasteiger partial charge in [0, 0.05) is 7.11 Å². The summed E-state index contributed by atoms with van der Waals surface area (Å²) < 4.78 is 23.2. The fourth-order valence-corrected chi connectivity index (χ4v) is 4.45. The van der Waals surface area contributed by atoms with E-state index in [-0.39, 0.29) is 29.6 Å². The van der Waals surface area contributed by atoms with Crippen molar-refractivity contribution in [3.63, 3.8) is 0 Å². The van der Waals surface area contributed by atoms with Crippen LogP contribution < -0.4 is 5.32 Å². The van der Waals surface area contributed by atoms with Gasteiger partial charge in [0.15, 0.2) is 0 Å². The molecule has 3 aliphatic rings. The van der Waals surface area contributed by atoms with Crippen LogP contribution in [0.1, 0.15) is 40.0 Å². The van der Waals surface area contributed by atoms with E-state index in [4.69, 9.17) is 30.5 Å². The monoisotopic (exact) mass is 401 g/mol. The summed E-state index contributed by atoms with van der Waals surface area (Å²) in [5, 5.41) is 2.11. The third-order valence-electron chi connectivity index (χ3n) is 5.86. The molecule has 2 heterocycles. The molecule has 3 rings (SSSR count). The lowest BCUT2D eigenvalue weighted by Gasteiger charge is -2.42. The van der Waals surface area contributed by atoms with Crippen LogP contribution in [0.3, 0.4) is 0 Å². The summed E-state index contributed by atoms with van der Waals surface area (Å²) in [5.74, 6) is -0.949. The number of nitrogens with one attached hydrogen (secondary N) is 1. The van der Waals surface area contributed by atoms with Gasteiger partial charge in [-0.25, -0.2) is 4.79 Å². The predicted molar refractivity (Wildman–Crippen MR) is 98.7 cm³/mol. The summed E-state index contributed by atoms with van der Waals surface area (Å²) >= 11 is 5.42. The molecule has 2 saturated heterocycles. The van der Waals surface area contributed by atoms with Gasteiger partial charge in [0.05, 0.1) is 18.6 Å². The van der Waals surface area contributed by atoms with Crippen molar-refractivity contribution in [2.24, 2.45) is 5.92 Å². The molecular weight excluding hydrogens is 374 g/mol. The first-order chi connectivity index (χ1) is 12.8. The molecule has 0 aromatic carbocycles. The van der Waals surface area contributed by atoms with Crippen LogP contribution in [-0.2, 0) is 23.7 Å². The third kappa shape index (κ3) is 4.16. The number of ether oxygens (including phenoxy) is 4. The lowest BCUT2D eigenvalue weighted by atomic mass is 9.68. The molecule has 1 spiro atoms. The average molecular weight is 402 g/mol. The average Bonchev–Trinajstić information content (AvgIpc) is 3.52. The maximum Gasteiger partial charge on any atom is 0.414 e. The Morgan fingerprint density at radius 1 is 1.37 bits per heavy atom. The second-order valence-corrected chi connectivity index (χ2v) is 8.27. The van der Waals surface area contributed by atoms with Gasteiger partial charge in [-0.1, -0.05) is 11.6 Å². The first kappa shape index (κ1) is 20.6. The van der Waals surface area contributed by atoms with Crippen LogP contribution in [0.4, 0.5) is 4.79 Å². The van der Waals surface area contributed by atoms with Gasteiger partial charge in [0.25, 0.3) is 0 Å². The van der Waals surface area contributed by atoms with Gasteiger partial charge in [-0.15, -0.1) is 11.6 Å². The number of hydrogen-bond acceptors (Lipinski definition) is 6. The summed E-state index contributed by atoms with van der Waals surface area (Å²) in [4.78, 5) is 23.3. The van der Waals surface area contributed by atoms with E-state index >= 15 is 0 Å². The minimum atomic E-state index is -0.804. The molecule has 6 atom stereocenters. The number of hydrogen-bond donors (Lipinski definition) is 1. The van der Waals surface area contributed by atoms with Crippen molar-refractivity contribution < 1.29 is 28.5 Å². The van der Waals surface area contributed by atoms with E-state index in [1.807, 2.05) is 0 Å². The highest BCUT2D eigenvalue weighted by Crippen LogP contribution is 2.59. The van der Waals surface area contributed by atoms with Gasteiger partial charge in [-0.05, 0) is 40.0 Å². The first-order valence-corrected chi connectivity index (χ1v) is 9.83. The maximum atomic E-state index is 12.0. The normalized spacial score (nSPS) is 39.6. The first-order valence-electron chi connectivity index (χ1n) is 9.30. The van der Waals surface area contributed by atoms with Crippen LogP contribution in [0.15, 0.2) is 11.6 Å². The fraction of sp³-hybridized carbons (Fsp3) is 0.789. The van der Waals surface area contributed by atoms with Crippen LogP contribution >= 0.6 is 11.6 Å². The topological polar surface area (TPSA) is 89.7 Å². The van der Waals surface area contributed by atoms with Gasteiger partial charge in [-0.3, -0.25) is 10.1 Å². The van der Waals surface area contributed by atoms with Crippen LogP contribution in [0.5, 0.6) is 0 Å². The van der Waals surface area contributed by atoms with E-state index in [1.54, 1.807) is 7.11 Å². The third-order valence-corrected chi connectivity index (χ3v) is 6.10. The molecule has 1 aliphatic carbocycles. The Hall–Kier alpha value is -1.15. The van der Waals surface area contributed by atoms with Gasteiger partial charge in [0.1, 0.15) is 29.3 Å². The molecule has 2 aliphatic heterocycles. The lowest BCUT2D eigenvalue weighted by Crippen LogP contribution is -2.56. The zero-order valence-corrected chi connectivity index (χ0v) is 17.0. The highest BCUT2D eigenvalue weighted by molar-refractivity contribution is 6.28. The van der Waals surface area contributed by atoms with Crippen molar-refractivity contribution >= 4 is 23.6 Å². The van der Waals surface area contributed by atoms with E-state index in [0.717, 1.165) is 12.8 Å². The molecule has 3 fully saturated rings. The molecule has 2 amide bonds. The number of methoxy groups -OCH3 is 1. The van der Waals surface area contributed by atoms with Gasteiger partial charge >= 0.3 is 6.09 Å². The van der Waals surface area contributed by atoms with E-state index in [9.17, 15) is 9.59 Å². The van der Waals surface area contributed by atoms with Crippen molar-refractivity contribution in [3.05, 3.63) is 11.6 Å². The number of halogens is 1. The highest BCUT2D eigenvalue weighted by atomic mass is 35.5. The molecule has 1 saturated carbocycles. The molecule has 0 aromatic heterocycles. The maximum absolute atomic E-state index is 12.0. The van der Waals surface area contributed by atoms with Crippen LogP contribution in [-0.4, -0.2) is 61.1 Å². The lowest BCUT2D eigenvalue weighted by molar-refractivity contribution is -0.124. The Morgan fingerprint density at radius 2 is 2.07 bits per heavy atom. The number of amides is 2. The second kappa shape index (κ2) is 7.70. The van der Waals surface area contributed by atoms with Gasteiger partial charge < -0.3 is 18.9 Å². The van der Waals surface area contributed by atoms with Gasteiger partial charge in [0.2, 0.25) is 5.91 Å². The van der Waals surface area contributed by atoms with Crippen LogP contribution in [0.25, 0.3) is 0 Å². The standard InChI is InChI=1S/C19H28ClNO6/c1-11(2)5-6-13-18(3,27-13)16-15(24-4)12(7-8-19(16)10-25-19)26-17(23)21-14(22)9-20/h5,12-13,15-16H,6-10H2,1-4H3,(H,21,22,23)/t12?,13?,15?,16-,18-,19-/m0/s1. The molecule has 152 valence electrons. The summed E-state index contributed by atoms with van der Waals surface area (Å²) in [6.45, 7) is 6.87. The molecule has 0 bridgehead atoms. The molecule has 27 heavy (non-hydrogen) atoms. The highest BCUT2D eigenvalue weighted by Gasteiger charge is 2.72. The number of allylic oxidation sites excluding steroid dienone is 1. The number of carbonyl (C=O) groups is 2.